The van der Waals surface area contributed by atoms with E-state index in [1.54, 1.807) is 0 Å². The van der Waals surface area contributed by atoms with Gasteiger partial charge in [-0.1, -0.05) is 6.07 Å². The second kappa shape index (κ2) is 5.89. The van der Waals surface area contributed by atoms with Crippen molar-refractivity contribution in [2.75, 3.05) is 6.61 Å². The number of nitrogens with zero attached hydrogens (tertiary/aromatic N) is 1. The molecule has 0 fully saturated rings. The molecule has 1 N–H and O–H groups in total. The Labute approximate surface area is 106 Å². The van der Waals surface area contributed by atoms with Crippen molar-refractivity contribution in [1.82, 2.24) is 0 Å². The van der Waals surface area contributed by atoms with E-state index < -0.39 is 34.3 Å². The molecule has 1 aromatic carbocycles. The van der Waals surface area contributed by atoms with Crippen LogP contribution in [0.1, 0.15) is 18.4 Å². The average molecular weight is 271 g/mol. The molecule has 0 aliphatic heterocycles. The third kappa shape index (κ3) is 3.24. The number of carbonyl (C=O) groups is 2. The predicted octanol–water partition coefficient (Wildman–Crippen LogP) is 1.47. The number of nitro benzene ring substituents is 1. The molecule has 0 bridgehead atoms. The number of carboxylic acid groups (broad SMARTS) is 1. The Morgan fingerprint density at radius 2 is 2.16 bits per heavy atom. The van der Waals surface area contributed by atoms with Crippen LogP contribution in [0.15, 0.2) is 18.2 Å². The lowest BCUT2D eigenvalue weighted by atomic mass is 9.99. The van der Waals surface area contributed by atoms with Crippen LogP contribution in [0.2, 0.25) is 0 Å². The fourth-order valence-corrected chi connectivity index (χ4v) is 1.46. The number of esters is 1. The summed E-state index contributed by atoms with van der Waals surface area (Å²) < 4.78 is 17.9. The summed E-state index contributed by atoms with van der Waals surface area (Å²) in [5.41, 5.74) is -1.01. The standard InChI is InChI=1S/C11H10FNO6/c1-2-19-11(16)9(10(14)15)6-3-4-8(13(17)18)7(12)5-6/h3-5,9H,2H2,1H3,(H,14,15). The van der Waals surface area contributed by atoms with Gasteiger partial charge >= 0.3 is 17.6 Å². The third-order valence-corrected chi connectivity index (χ3v) is 2.27. The molecule has 1 unspecified atom stereocenters. The minimum absolute atomic E-state index is 0.0297. The number of carboxylic acids is 1. The fraction of sp³-hybridized carbons (Fsp3) is 0.273. The number of halogens is 1. The monoisotopic (exact) mass is 271 g/mol. The second-order valence-electron chi connectivity index (χ2n) is 3.49. The zero-order chi connectivity index (χ0) is 14.6. The van der Waals surface area contributed by atoms with E-state index in [1.807, 2.05) is 0 Å². The molecule has 0 amide bonds. The number of ether oxygens (including phenoxy) is 1. The van der Waals surface area contributed by atoms with Gasteiger partial charge in [0.05, 0.1) is 11.5 Å². The summed E-state index contributed by atoms with van der Waals surface area (Å²) in [6, 6.07) is 2.46. The van der Waals surface area contributed by atoms with Crippen LogP contribution in [-0.4, -0.2) is 28.6 Å². The van der Waals surface area contributed by atoms with Gasteiger partial charge < -0.3 is 9.84 Å². The Hall–Kier alpha value is -2.51. The molecule has 0 saturated carbocycles. The Balaban J connectivity index is 3.18. The van der Waals surface area contributed by atoms with Crippen molar-refractivity contribution >= 4 is 17.6 Å². The molecule has 0 aromatic heterocycles. The van der Waals surface area contributed by atoms with Gasteiger partial charge in [-0.2, -0.15) is 4.39 Å². The van der Waals surface area contributed by atoms with Gasteiger partial charge in [0.25, 0.3) is 0 Å². The predicted molar refractivity (Wildman–Crippen MR) is 60.1 cm³/mol. The molecule has 0 aliphatic carbocycles. The highest BCUT2D eigenvalue weighted by Crippen LogP contribution is 2.24. The third-order valence-electron chi connectivity index (χ3n) is 2.27. The van der Waals surface area contributed by atoms with Crippen LogP contribution < -0.4 is 0 Å². The van der Waals surface area contributed by atoms with E-state index in [0.29, 0.717) is 6.07 Å². The zero-order valence-electron chi connectivity index (χ0n) is 9.83. The van der Waals surface area contributed by atoms with Gasteiger partial charge in [-0.05, 0) is 18.6 Å². The van der Waals surface area contributed by atoms with Crippen molar-refractivity contribution in [1.29, 1.82) is 0 Å². The number of rotatable bonds is 5. The Kier molecular flexibility index (Phi) is 4.51. The molecule has 0 radical (unpaired) electrons. The van der Waals surface area contributed by atoms with Crippen LogP contribution in [0.3, 0.4) is 0 Å². The molecule has 0 heterocycles. The van der Waals surface area contributed by atoms with Gasteiger partial charge in [0.1, 0.15) is 0 Å². The van der Waals surface area contributed by atoms with E-state index in [1.165, 1.54) is 6.92 Å². The number of hydrogen-bond donors (Lipinski definition) is 1. The summed E-state index contributed by atoms with van der Waals surface area (Å²) in [5, 5.41) is 19.4. The van der Waals surface area contributed by atoms with Crippen molar-refractivity contribution in [3.05, 3.63) is 39.7 Å². The first-order valence-corrected chi connectivity index (χ1v) is 5.21. The highest BCUT2D eigenvalue weighted by atomic mass is 19.1. The van der Waals surface area contributed by atoms with Crippen LogP contribution in [0.5, 0.6) is 0 Å². The maximum absolute atomic E-state index is 13.4. The van der Waals surface area contributed by atoms with Crippen LogP contribution in [0.25, 0.3) is 0 Å². The molecular weight excluding hydrogens is 261 g/mol. The van der Waals surface area contributed by atoms with Crippen LogP contribution >= 0.6 is 0 Å². The lowest BCUT2D eigenvalue weighted by Gasteiger charge is -2.11. The number of hydrogen-bond acceptors (Lipinski definition) is 5. The smallest absolute Gasteiger partial charge is 0.324 e. The van der Waals surface area contributed by atoms with E-state index in [9.17, 15) is 24.1 Å². The number of aliphatic carboxylic acids is 1. The second-order valence-corrected chi connectivity index (χ2v) is 3.49. The summed E-state index contributed by atoms with van der Waals surface area (Å²) in [6.45, 7) is 1.46. The van der Waals surface area contributed by atoms with E-state index in [4.69, 9.17) is 5.11 Å². The van der Waals surface area contributed by atoms with Crippen LogP contribution in [0, 0.1) is 15.9 Å². The summed E-state index contributed by atoms with van der Waals surface area (Å²) >= 11 is 0. The highest BCUT2D eigenvalue weighted by Gasteiger charge is 2.31. The minimum atomic E-state index is -1.71. The molecule has 0 saturated heterocycles. The molecule has 0 aliphatic rings. The minimum Gasteiger partial charge on any atom is -0.480 e. The maximum atomic E-state index is 13.4. The summed E-state index contributed by atoms with van der Waals surface area (Å²) in [7, 11) is 0. The van der Waals surface area contributed by atoms with Crippen LogP contribution in [-0.2, 0) is 14.3 Å². The van der Waals surface area contributed by atoms with Gasteiger partial charge in [0.15, 0.2) is 5.92 Å². The van der Waals surface area contributed by atoms with E-state index in [-0.39, 0.29) is 12.2 Å². The molecule has 1 rings (SSSR count). The largest absolute Gasteiger partial charge is 0.480 e. The van der Waals surface area contributed by atoms with E-state index in [2.05, 4.69) is 4.74 Å². The Morgan fingerprint density at radius 1 is 1.53 bits per heavy atom. The topological polar surface area (TPSA) is 107 Å². The normalized spacial score (nSPS) is 11.7. The van der Waals surface area contributed by atoms with Gasteiger partial charge in [-0.15, -0.1) is 0 Å². The quantitative estimate of drug-likeness (QED) is 0.376. The molecule has 0 spiro atoms. The van der Waals surface area contributed by atoms with Crippen molar-refractivity contribution in [3.63, 3.8) is 0 Å². The van der Waals surface area contributed by atoms with Gasteiger partial charge in [0, 0.05) is 6.07 Å². The number of nitro groups is 1. The van der Waals surface area contributed by atoms with Crippen molar-refractivity contribution < 1.29 is 28.7 Å². The molecule has 7 nitrogen and oxygen atoms in total. The number of benzene rings is 1. The van der Waals surface area contributed by atoms with Crippen molar-refractivity contribution in [2.24, 2.45) is 0 Å². The first kappa shape index (κ1) is 14.6. The van der Waals surface area contributed by atoms with Gasteiger partial charge in [-0.25, -0.2) is 0 Å². The molecule has 102 valence electrons. The maximum Gasteiger partial charge on any atom is 0.324 e. The lowest BCUT2D eigenvalue weighted by molar-refractivity contribution is -0.387. The molecular formula is C11H10FNO6. The lowest BCUT2D eigenvalue weighted by Crippen LogP contribution is -2.24. The average Bonchev–Trinajstić information content (AvgIpc) is 2.28. The first-order valence-electron chi connectivity index (χ1n) is 5.21. The molecule has 1 aromatic rings. The summed E-state index contributed by atoms with van der Waals surface area (Å²) in [6.07, 6.45) is 0. The zero-order valence-corrected chi connectivity index (χ0v) is 9.83. The Morgan fingerprint density at radius 3 is 2.58 bits per heavy atom. The van der Waals surface area contributed by atoms with Crippen molar-refractivity contribution in [2.45, 2.75) is 12.8 Å². The summed E-state index contributed by atoms with van der Waals surface area (Å²) in [4.78, 5) is 31.9. The van der Waals surface area contributed by atoms with Gasteiger partial charge in [-0.3, -0.25) is 19.7 Å². The molecule has 8 heteroatoms. The Bertz CT molecular complexity index is 530. The fourth-order valence-electron chi connectivity index (χ4n) is 1.46. The van der Waals surface area contributed by atoms with Crippen molar-refractivity contribution in [3.8, 4) is 0 Å². The molecule has 19 heavy (non-hydrogen) atoms. The number of carbonyl (C=O) groups excluding carboxylic acids is 1. The van der Waals surface area contributed by atoms with Crippen LogP contribution in [0.4, 0.5) is 10.1 Å². The SMILES string of the molecule is CCOC(=O)C(C(=O)O)c1ccc([N+](=O)[O-])c(F)c1. The van der Waals surface area contributed by atoms with Gasteiger partial charge in [0.2, 0.25) is 5.82 Å². The van der Waals surface area contributed by atoms with E-state index >= 15 is 0 Å². The highest BCUT2D eigenvalue weighted by molar-refractivity contribution is 5.99. The first-order chi connectivity index (χ1) is 8.88. The van der Waals surface area contributed by atoms with E-state index in [0.717, 1.165) is 12.1 Å². The summed E-state index contributed by atoms with van der Waals surface area (Å²) in [5.74, 6) is -5.50. The molecule has 1 atom stereocenters.